The van der Waals surface area contributed by atoms with Gasteiger partial charge in [-0.2, -0.15) is 0 Å². The molecular weight excluding hydrogens is 241 g/mol. The van der Waals surface area contributed by atoms with Crippen molar-refractivity contribution in [3.05, 3.63) is 35.1 Å². The highest BCUT2D eigenvalue weighted by Gasteiger charge is 2.32. The van der Waals surface area contributed by atoms with Gasteiger partial charge in [-0.3, -0.25) is 4.79 Å². The molecule has 102 valence electrons. The Morgan fingerprint density at radius 3 is 2.26 bits per heavy atom. The molecule has 2 aliphatic rings. The van der Waals surface area contributed by atoms with E-state index in [0.717, 1.165) is 18.7 Å². The predicted molar refractivity (Wildman–Crippen MR) is 72.5 cm³/mol. The van der Waals surface area contributed by atoms with E-state index in [2.05, 4.69) is 0 Å². The number of nitrogens with zero attached hydrogens (tertiary/aromatic N) is 1. The van der Waals surface area contributed by atoms with Crippen molar-refractivity contribution in [3.8, 4) is 0 Å². The van der Waals surface area contributed by atoms with E-state index in [0.29, 0.717) is 11.8 Å². The molecule has 0 aliphatic heterocycles. The topological polar surface area (TPSA) is 20.3 Å². The Morgan fingerprint density at radius 2 is 1.79 bits per heavy atom. The van der Waals surface area contributed by atoms with Crippen molar-refractivity contribution < 1.29 is 9.18 Å². The molecule has 1 aromatic carbocycles. The summed E-state index contributed by atoms with van der Waals surface area (Å²) < 4.78 is 13.9. The number of rotatable bonds is 5. The largest absolute Gasteiger partial charge is 0.338 e. The van der Waals surface area contributed by atoms with Gasteiger partial charge in [-0.15, -0.1) is 0 Å². The van der Waals surface area contributed by atoms with Gasteiger partial charge in [-0.1, -0.05) is 6.07 Å². The van der Waals surface area contributed by atoms with Crippen LogP contribution in [0.4, 0.5) is 4.39 Å². The zero-order valence-corrected chi connectivity index (χ0v) is 11.4. The third-order valence-electron chi connectivity index (χ3n) is 3.99. The van der Waals surface area contributed by atoms with Crippen molar-refractivity contribution >= 4 is 5.91 Å². The molecule has 3 heteroatoms. The summed E-state index contributed by atoms with van der Waals surface area (Å²) >= 11 is 0. The van der Waals surface area contributed by atoms with Gasteiger partial charge in [-0.05, 0) is 62.1 Å². The second-order valence-electron chi connectivity index (χ2n) is 6.08. The molecule has 2 fully saturated rings. The fourth-order valence-corrected chi connectivity index (χ4v) is 2.43. The summed E-state index contributed by atoms with van der Waals surface area (Å²) in [6.45, 7) is 3.45. The highest BCUT2D eigenvalue weighted by molar-refractivity contribution is 5.94. The molecular formula is C16H20FNO. The average molecular weight is 261 g/mol. The van der Waals surface area contributed by atoms with Crippen molar-refractivity contribution in [1.29, 1.82) is 0 Å². The average Bonchev–Trinajstić information content (AvgIpc) is 3.22. The highest BCUT2D eigenvalue weighted by atomic mass is 19.1. The first-order chi connectivity index (χ1) is 9.13. The molecule has 2 aliphatic carbocycles. The maximum atomic E-state index is 13.9. The molecule has 2 nitrogen and oxygen atoms in total. The van der Waals surface area contributed by atoms with Crippen LogP contribution in [-0.4, -0.2) is 23.9 Å². The minimum absolute atomic E-state index is 0.128. The molecule has 0 bridgehead atoms. The van der Waals surface area contributed by atoms with Crippen molar-refractivity contribution in [2.45, 2.75) is 32.6 Å². The van der Waals surface area contributed by atoms with Gasteiger partial charge in [0.25, 0.3) is 5.91 Å². The summed E-state index contributed by atoms with van der Waals surface area (Å²) in [7, 11) is 0. The Hall–Kier alpha value is -1.38. The number of hydrogen-bond acceptors (Lipinski definition) is 1. The molecule has 0 unspecified atom stereocenters. The van der Waals surface area contributed by atoms with Crippen molar-refractivity contribution in [2.24, 2.45) is 11.8 Å². The first kappa shape index (κ1) is 12.6. The van der Waals surface area contributed by atoms with Crippen LogP contribution in [-0.2, 0) is 0 Å². The molecule has 3 rings (SSSR count). The van der Waals surface area contributed by atoms with Gasteiger partial charge >= 0.3 is 0 Å². The molecule has 0 saturated heterocycles. The number of halogens is 1. The Bertz CT molecular complexity index is 478. The van der Waals surface area contributed by atoms with E-state index in [4.69, 9.17) is 0 Å². The highest BCUT2D eigenvalue weighted by Crippen LogP contribution is 2.34. The molecule has 0 radical (unpaired) electrons. The van der Waals surface area contributed by atoms with Crippen LogP contribution in [0.5, 0.6) is 0 Å². The van der Waals surface area contributed by atoms with Crippen molar-refractivity contribution in [3.63, 3.8) is 0 Å². The lowest BCUT2D eigenvalue weighted by atomic mass is 10.1. The quantitative estimate of drug-likeness (QED) is 0.795. The van der Waals surface area contributed by atoms with Gasteiger partial charge in [0.1, 0.15) is 5.82 Å². The Balaban J connectivity index is 1.76. The van der Waals surface area contributed by atoms with E-state index < -0.39 is 0 Å². The van der Waals surface area contributed by atoms with Crippen LogP contribution in [0, 0.1) is 24.6 Å². The molecule has 1 amide bonds. The zero-order chi connectivity index (χ0) is 13.4. The van der Waals surface area contributed by atoms with E-state index in [1.165, 1.54) is 31.7 Å². The summed E-state index contributed by atoms with van der Waals surface area (Å²) in [4.78, 5) is 14.4. The molecule has 19 heavy (non-hydrogen) atoms. The molecule has 0 N–H and O–H groups in total. The van der Waals surface area contributed by atoms with Gasteiger partial charge in [-0.25, -0.2) is 4.39 Å². The Labute approximate surface area is 113 Å². The predicted octanol–water partition coefficient (Wildman–Crippen LogP) is 3.40. The summed E-state index contributed by atoms with van der Waals surface area (Å²) in [6, 6.07) is 4.88. The van der Waals surface area contributed by atoms with E-state index in [1.807, 2.05) is 17.9 Å². The number of carbonyl (C=O) groups excluding carboxylic acids is 1. The van der Waals surface area contributed by atoms with Crippen LogP contribution in [0.2, 0.25) is 0 Å². The summed E-state index contributed by atoms with van der Waals surface area (Å²) in [5, 5.41) is 0. The number of hydrogen-bond donors (Lipinski definition) is 0. The van der Waals surface area contributed by atoms with Crippen LogP contribution >= 0.6 is 0 Å². The number of aryl methyl sites for hydroxylation is 1. The van der Waals surface area contributed by atoms with E-state index in [1.54, 1.807) is 6.07 Å². The van der Waals surface area contributed by atoms with E-state index >= 15 is 0 Å². The van der Waals surface area contributed by atoms with Crippen molar-refractivity contribution in [1.82, 2.24) is 4.90 Å². The maximum absolute atomic E-state index is 13.9. The maximum Gasteiger partial charge on any atom is 0.256 e. The second kappa shape index (κ2) is 4.95. The normalized spacial score (nSPS) is 18.4. The van der Waals surface area contributed by atoms with Crippen molar-refractivity contribution in [2.75, 3.05) is 13.1 Å². The minimum Gasteiger partial charge on any atom is -0.338 e. The second-order valence-corrected chi connectivity index (χ2v) is 6.08. The van der Waals surface area contributed by atoms with E-state index in [9.17, 15) is 9.18 Å². The zero-order valence-electron chi connectivity index (χ0n) is 11.4. The standard InChI is InChI=1S/C16H20FNO/c1-11-2-7-14(15(17)8-11)16(19)18(9-12-3-4-12)10-13-5-6-13/h2,7-8,12-13H,3-6,9-10H2,1H3. The fraction of sp³-hybridized carbons (Fsp3) is 0.562. The molecule has 0 aromatic heterocycles. The minimum atomic E-state index is -0.387. The van der Waals surface area contributed by atoms with Crippen LogP contribution < -0.4 is 0 Å². The van der Waals surface area contributed by atoms with E-state index in [-0.39, 0.29) is 17.3 Å². The summed E-state index contributed by atoms with van der Waals surface area (Å²) in [5.74, 6) is 0.783. The smallest absolute Gasteiger partial charge is 0.256 e. The number of benzene rings is 1. The van der Waals surface area contributed by atoms with Gasteiger partial charge in [0, 0.05) is 13.1 Å². The van der Waals surface area contributed by atoms with Gasteiger partial charge in [0.05, 0.1) is 5.56 Å². The molecule has 0 spiro atoms. The van der Waals surface area contributed by atoms with Crippen LogP contribution in [0.3, 0.4) is 0 Å². The summed E-state index contributed by atoms with van der Waals surface area (Å²) in [6.07, 6.45) is 4.85. The summed E-state index contributed by atoms with van der Waals surface area (Å²) in [5.41, 5.74) is 1.08. The third kappa shape index (κ3) is 3.14. The number of amides is 1. The molecule has 0 heterocycles. The first-order valence-corrected chi connectivity index (χ1v) is 7.19. The third-order valence-corrected chi connectivity index (χ3v) is 3.99. The van der Waals surface area contributed by atoms with Crippen LogP contribution in [0.25, 0.3) is 0 Å². The monoisotopic (exact) mass is 261 g/mol. The van der Waals surface area contributed by atoms with Crippen LogP contribution in [0.1, 0.15) is 41.6 Å². The van der Waals surface area contributed by atoms with Gasteiger partial charge in [0.15, 0.2) is 0 Å². The van der Waals surface area contributed by atoms with Gasteiger partial charge < -0.3 is 4.90 Å². The first-order valence-electron chi connectivity index (χ1n) is 7.19. The lowest BCUT2D eigenvalue weighted by molar-refractivity contribution is 0.0735. The van der Waals surface area contributed by atoms with Gasteiger partial charge in [0.2, 0.25) is 0 Å². The molecule has 2 saturated carbocycles. The number of carbonyl (C=O) groups is 1. The lowest BCUT2D eigenvalue weighted by Crippen LogP contribution is -2.35. The molecule has 1 aromatic rings. The Morgan fingerprint density at radius 1 is 1.21 bits per heavy atom. The fourth-order valence-electron chi connectivity index (χ4n) is 2.43. The lowest BCUT2D eigenvalue weighted by Gasteiger charge is -2.23. The Kier molecular flexibility index (Phi) is 3.29. The molecule has 0 atom stereocenters. The van der Waals surface area contributed by atoms with Crippen LogP contribution in [0.15, 0.2) is 18.2 Å². The SMILES string of the molecule is Cc1ccc(C(=O)N(CC2CC2)CC2CC2)c(F)c1.